The Kier molecular flexibility index (Phi) is 4.47. The summed E-state index contributed by atoms with van der Waals surface area (Å²) in [5, 5.41) is 6.39. The lowest BCUT2D eigenvalue weighted by atomic mass is 10.1. The predicted molar refractivity (Wildman–Crippen MR) is 77.3 cm³/mol. The molecular weight excluding hydrogens is 268 g/mol. The third kappa shape index (κ3) is 3.60. The number of hydrogen-bond acceptors (Lipinski definition) is 5. The highest BCUT2D eigenvalue weighted by atomic mass is 32.1. The lowest BCUT2D eigenvalue weighted by molar-refractivity contribution is 0.239. The van der Waals surface area contributed by atoms with Crippen molar-refractivity contribution < 1.29 is 4.79 Å². The molecule has 2 rings (SSSR count). The Bertz CT molecular complexity index is 415. The van der Waals surface area contributed by atoms with Gasteiger partial charge in [0.15, 0.2) is 5.13 Å². The summed E-state index contributed by atoms with van der Waals surface area (Å²) in [4.78, 5) is 17.2. The number of thiazole rings is 1. The maximum Gasteiger partial charge on any atom is 0.321 e. The molecular formula is C11H18N4OS2. The van der Waals surface area contributed by atoms with E-state index in [1.165, 1.54) is 11.3 Å². The summed E-state index contributed by atoms with van der Waals surface area (Å²) < 4.78 is 1.94. The van der Waals surface area contributed by atoms with Gasteiger partial charge < -0.3 is 5.32 Å². The van der Waals surface area contributed by atoms with Crippen LogP contribution in [0.5, 0.6) is 0 Å². The molecule has 1 aliphatic heterocycles. The third-order valence-electron chi connectivity index (χ3n) is 2.98. The number of nitrogens with one attached hydrogen (secondary N) is 2. The highest BCUT2D eigenvalue weighted by molar-refractivity contribution is 7.77. The number of nitrogens with zero attached hydrogens (tertiary/aromatic N) is 2. The van der Waals surface area contributed by atoms with Gasteiger partial charge in [-0.2, -0.15) is 0 Å². The zero-order valence-corrected chi connectivity index (χ0v) is 12.3. The van der Waals surface area contributed by atoms with Crippen LogP contribution in [0.3, 0.4) is 0 Å². The van der Waals surface area contributed by atoms with E-state index in [1.54, 1.807) is 0 Å². The molecule has 0 bridgehead atoms. The summed E-state index contributed by atoms with van der Waals surface area (Å²) in [5.74, 6) is 0. The van der Waals surface area contributed by atoms with Crippen molar-refractivity contribution in [2.45, 2.75) is 32.7 Å². The first-order valence-corrected chi connectivity index (χ1v) is 7.21. The number of anilines is 1. The molecule has 2 heterocycles. The summed E-state index contributed by atoms with van der Waals surface area (Å²) in [5.41, 5.74) is 0.967. The summed E-state index contributed by atoms with van der Waals surface area (Å²) in [6.45, 7) is 5.70. The van der Waals surface area contributed by atoms with Gasteiger partial charge in [0.2, 0.25) is 0 Å². The molecule has 1 aliphatic rings. The molecule has 5 nitrogen and oxygen atoms in total. The van der Waals surface area contributed by atoms with E-state index in [0.717, 1.165) is 36.5 Å². The Labute approximate surface area is 117 Å². The van der Waals surface area contributed by atoms with Crippen molar-refractivity contribution in [1.29, 1.82) is 0 Å². The molecule has 0 aliphatic carbocycles. The van der Waals surface area contributed by atoms with Crippen LogP contribution in [-0.4, -0.2) is 34.5 Å². The number of rotatable bonds is 2. The average Bonchev–Trinajstić information content (AvgIpc) is 2.57. The van der Waals surface area contributed by atoms with Crippen LogP contribution in [0.4, 0.5) is 9.93 Å². The number of aryl methyl sites for hydroxylation is 2. The van der Waals surface area contributed by atoms with Gasteiger partial charge in [-0.15, -0.1) is 11.3 Å². The highest BCUT2D eigenvalue weighted by Crippen LogP contribution is 2.21. The van der Waals surface area contributed by atoms with E-state index >= 15 is 0 Å². The Hall–Kier alpha value is -0.790. The molecule has 0 aromatic carbocycles. The van der Waals surface area contributed by atoms with Gasteiger partial charge in [0.05, 0.1) is 5.69 Å². The molecule has 1 aromatic rings. The molecule has 2 amide bonds. The van der Waals surface area contributed by atoms with Crippen LogP contribution in [0.1, 0.15) is 23.4 Å². The molecule has 7 heteroatoms. The van der Waals surface area contributed by atoms with E-state index < -0.39 is 0 Å². The molecule has 0 spiro atoms. The van der Waals surface area contributed by atoms with E-state index in [2.05, 4.69) is 28.4 Å². The molecule has 1 aromatic heterocycles. The number of urea groups is 1. The lowest BCUT2D eigenvalue weighted by Crippen LogP contribution is -2.46. The van der Waals surface area contributed by atoms with E-state index in [9.17, 15) is 4.79 Å². The van der Waals surface area contributed by atoms with Crippen molar-refractivity contribution in [3.05, 3.63) is 10.6 Å². The normalized spacial score (nSPS) is 20.7. The monoisotopic (exact) mass is 286 g/mol. The first-order chi connectivity index (χ1) is 8.54. The molecule has 18 heavy (non-hydrogen) atoms. The van der Waals surface area contributed by atoms with Crippen LogP contribution in [0, 0.1) is 13.8 Å². The largest absolute Gasteiger partial charge is 0.334 e. The third-order valence-corrected chi connectivity index (χ3v) is 4.34. The number of thiol groups is 1. The second kappa shape index (κ2) is 5.90. The van der Waals surface area contributed by atoms with E-state index in [-0.39, 0.29) is 12.1 Å². The van der Waals surface area contributed by atoms with Gasteiger partial charge in [0, 0.05) is 24.0 Å². The summed E-state index contributed by atoms with van der Waals surface area (Å²) in [6, 6.07) is -0.0178. The quantitative estimate of drug-likeness (QED) is 0.731. The number of piperidine rings is 1. The van der Waals surface area contributed by atoms with Crippen LogP contribution < -0.4 is 10.6 Å². The second-order valence-electron chi connectivity index (χ2n) is 4.51. The Morgan fingerprint density at radius 3 is 2.94 bits per heavy atom. The maximum absolute atomic E-state index is 11.8. The second-order valence-corrected chi connectivity index (χ2v) is 6.28. The van der Waals surface area contributed by atoms with Crippen molar-refractivity contribution in [3.8, 4) is 0 Å². The van der Waals surface area contributed by atoms with Crippen LogP contribution in [0.25, 0.3) is 0 Å². The summed E-state index contributed by atoms with van der Waals surface area (Å²) in [6.07, 6.45) is 2.06. The standard InChI is InChI=1S/C11H18N4OS2/c1-7-8(2)18-11(12-7)14-10(16)13-9-4-3-5-15(17)6-9/h9,17H,3-6H2,1-2H3,(H2,12,13,14,16). The van der Waals surface area contributed by atoms with Gasteiger partial charge >= 0.3 is 6.03 Å². The number of carbonyl (C=O) groups excluding carboxylic acids is 1. The van der Waals surface area contributed by atoms with Crippen LogP contribution >= 0.6 is 24.2 Å². The predicted octanol–water partition coefficient (Wildman–Crippen LogP) is 2.19. The smallest absolute Gasteiger partial charge is 0.321 e. The topological polar surface area (TPSA) is 57.3 Å². The molecule has 0 radical (unpaired) electrons. The number of aromatic nitrogens is 1. The number of amides is 2. The molecule has 0 saturated carbocycles. The van der Waals surface area contributed by atoms with E-state index in [0.29, 0.717) is 5.13 Å². The minimum absolute atomic E-state index is 0.165. The van der Waals surface area contributed by atoms with Crippen LogP contribution in [0.15, 0.2) is 0 Å². The molecule has 1 unspecified atom stereocenters. The van der Waals surface area contributed by atoms with Gasteiger partial charge in [-0.05, 0) is 26.7 Å². The molecule has 100 valence electrons. The van der Waals surface area contributed by atoms with Crippen molar-refractivity contribution in [3.63, 3.8) is 0 Å². The van der Waals surface area contributed by atoms with Gasteiger partial charge in [-0.3, -0.25) is 9.62 Å². The lowest BCUT2D eigenvalue weighted by Gasteiger charge is -2.29. The average molecular weight is 286 g/mol. The Morgan fingerprint density at radius 2 is 2.33 bits per heavy atom. The summed E-state index contributed by atoms with van der Waals surface area (Å²) >= 11 is 5.81. The fourth-order valence-electron chi connectivity index (χ4n) is 1.92. The number of carbonyl (C=O) groups is 1. The SMILES string of the molecule is Cc1nc(NC(=O)NC2CCCN(S)C2)sc1C. The zero-order chi connectivity index (χ0) is 13.1. The molecule has 1 fully saturated rings. The van der Waals surface area contributed by atoms with Crippen LogP contribution in [0.2, 0.25) is 0 Å². The van der Waals surface area contributed by atoms with E-state index in [4.69, 9.17) is 0 Å². The maximum atomic E-state index is 11.8. The number of hydrogen-bond donors (Lipinski definition) is 3. The van der Waals surface area contributed by atoms with Gasteiger partial charge in [0.1, 0.15) is 0 Å². The van der Waals surface area contributed by atoms with Gasteiger partial charge in [-0.1, -0.05) is 12.8 Å². The first-order valence-electron chi connectivity index (χ1n) is 6.00. The zero-order valence-electron chi connectivity index (χ0n) is 10.6. The molecule has 1 saturated heterocycles. The van der Waals surface area contributed by atoms with E-state index in [1.807, 2.05) is 18.2 Å². The fraction of sp³-hybridized carbons (Fsp3) is 0.636. The van der Waals surface area contributed by atoms with Crippen molar-refractivity contribution in [2.24, 2.45) is 0 Å². The van der Waals surface area contributed by atoms with Gasteiger partial charge in [-0.25, -0.2) is 9.78 Å². The molecule has 1 atom stereocenters. The van der Waals surface area contributed by atoms with Crippen molar-refractivity contribution in [1.82, 2.24) is 14.6 Å². The van der Waals surface area contributed by atoms with Crippen molar-refractivity contribution >= 4 is 35.3 Å². The Morgan fingerprint density at radius 1 is 1.56 bits per heavy atom. The van der Waals surface area contributed by atoms with Crippen LogP contribution in [-0.2, 0) is 0 Å². The van der Waals surface area contributed by atoms with Crippen molar-refractivity contribution in [2.75, 3.05) is 18.4 Å². The molecule has 2 N–H and O–H groups in total. The minimum Gasteiger partial charge on any atom is -0.334 e. The minimum atomic E-state index is -0.183. The fourth-order valence-corrected chi connectivity index (χ4v) is 3.07. The Balaban J connectivity index is 1.84. The highest BCUT2D eigenvalue weighted by Gasteiger charge is 2.19. The van der Waals surface area contributed by atoms with Gasteiger partial charge in [0.25, 0.3) is 0 Å². The first kappa shape index (κ1) is 13.6. The summed E-state index contributed by atoms with van der Waals surface area (Å²) in [7, 11) is 0.